The average molecular weight is 405 g/mol. The molecule has 0 aliphatic heterocycles. The highest BCUT2D eigenvalue weighted by atomic mass is 35.5. The monoisotopic (exact) mass is 404 g/mol. The molecule has 1 aromatic heterocycles. The number of halogens is 1. The van der Waals surface area contributed by atoms with Crippen molar-refractivity contribution in [3.63, 3.8) is 0 Å². The van der Waals surface area contributed by atoms with Crippen LogP contribution in [0.3, 0.4) is 0 Å². The summed E-state index contributed by atoms with van der Waals surface area (Å²) in [5, 5.41) is 6.95. The number of aromatic nitrogens is 2. The van der Waals surface area contributed by atoms with Crippen molar-refractivity contribution >= 4 is 24.0 Å². The summed E-state index contributed by atoms with van der Waals surface area (Å²) in [4.78, 5) is 17.0. The molecule has 2 aromatic rings. The van der Waals surface area contributed by atoms with Crippen LogP contribution in [0.15, 0.2) is 28.8 Å². The molecule has 7 nitrogen and oxygen atoms in total. The number of nitrogens with zero attached hydrogens (tertiary/aromatic N) is 2. The van der Waals surface area contributed by atoms with Crippen LogP contribution < -0.4 is 15.8 Å². The van der Waals surface area contributed by atoms with Gasteiger partial charge in [0.25, 0.3) is 0 Å². The van der Waals surface area contributed by atoms with E-state index in [1.807, 2.05) is 24.3 Å². The lowest BCUT2D eigenvalue weighted by Crippen LogP contribution is -2.42. The van der Waals surface area contributed by atoms with E-state index in [4.69, 9.17) is 15.0 Å². The summed E-state index contributed by atoms with van der Waals surface area (Å²) < 4.78 is 10.9. The molecule has 5 rings (SSSR count). The van der Waals surface area contributed by atoms with Gasteiger partial charge in [0.05, 0.1) is 5.92 Å². The Morgan fingerprint density at radius 1 is 1.18 bits per heavy atom. The van der Waals surface area contributed by atoms with Gasteiger partial charge in [-0.05, 0) is 68.2 Å². The first-order valence-electron chi connectivity index (χ1n) is 9.79. The van der Waals surface area contributed by atoms with Crippen molar-refractivity contribution in [1.29, 1.82) is 0 Å². The standard InChI is InChI=1S/C20H24N4O3.ClH/c21-18-13-4-3-12(9-13)17(18)19(25)22-14-5-7-15(8-6-14)26-10-16-23-20(27-24-16)11-1-2-11;/h5-8,11-13,17-18H,1-4,9-10,21H2,(H,22,25);1H. The summed E-state index contributed by atoms with van der Waals surface area (Å²) in [5.41, 5.74) is 7.02. The molecular weight excluding hydrogens is 380 g/mol. The van der Waals surface area contributed by atoms with E-state index in [0.29, 0.717) is 35.2 Å². The minimum atomic E-state index is -0.0569. The number of nitrogens with two attached hydrogens (primary N) is 1. The summed E-state index contributed by atoms with van der Waals surface area (Å²) in [6.45, 7) is 0.266. The first-order valence-corrected chi connectivity index (χ1v) is 9.79. The van der Waals surface area contributed by atoms with E-state index >= 15 is 0 Å². The van der Waals surface area contributed by atoms with Crippen molar-refractivity contribution in [2.45, 2.75) is 50.7 Å². The molecule has 2 bridgehead atoms. The second kappa shape index (κ2) is 7.72. The Morgan fingerprint density at radius 2 is 1.93 bits per heavy atom. The number of fused-ring (bicyclic) bond motifs is 2. The van der Waals surface area contributed by atoms with Gasteiger partial charge in [0.2, 0.25) is 17.6 Å². The van der Waals surface area contributed by atoms with Crippen LogP contribution in [0, 0.1) is 17.8 Å². The Labute approximate surface area is 169 Å². The minimum absolute atomic E-state index is 0. The molecule has 8 heteroatoms. The number of anilines is 1. The first kappa shape index (κ1) is 19.2. The van der Waals surface area contributed by atoms with Gasteiger partial charge in [-0.3, -0.25) is 4.79 Å². The SMILES string of the molecule is Cl.NC1C2CCC(C2)C1C(=O)Nc1ccc(OCc2noc(C3CC3)n2)cc1. The number of ether oxygens (including phenoxy) is 1. The van der Waals surface area contributed by atoms with Gasteiger partial charge in [0, 0.05) is 17.6 Å². The first-order chi connectivity index (χ1) is 13.2. The molecule has 28 heavy (non-hydrogen) atoms. The fourth-order valence-corrected chi connectivity index (χ4v) is 4.56. The summed E-state index contributed by atoms with van der Waals surface area (Å²) >= 11 is 0. The lowest BCUT2D eigenvalue weighted by Gasteiger charge is -2.27. The molecule has 1 heterocycles. The summed E-state index contributed by atoms with van der Waals surface area (Å²) in [5.74, 6) is 3.36. The Bertz CT molecular complexity index is 834. The van der Waals surface area contributed by atoms with Gasteiger partial charge in [-0.1, -0.05) is 5.16 Å². The highest BCUT2D eigenvalue weighted by Crippen LogP contribution is 2.48. The molecule has 3 aliphatic carbocycles. The maximum Gasteiger partial charge on any atom is 0.229 e. The second-order valence-corrected chi connectivity index (χ2v) is 8.06. The predicted molar refractivity (Wildman–Crippen MR) is 105 cm³/mol. The Hall–Kier alpha value is -2.12. The molecule has 0 spiro atoms. The van der Waals surface area contributed by atoms with Crippen LogP contribution in [0.5, 0.6) is 5.75 Å². The highest BCUT2D eigenvalue weighted by molar-refractivity contribution is 5.93. The third-order valence-corrected chi connectivity index (χ3v) is 6.18. The van der Waals surface area contributed by atoms with Gasteiger partial charge in [-0.15, -0.1) is 12.4 Å². The number of carbonyl (C=O) groups excluding carboxylic acids is 1. The van der Waals surface area contributed by atoms with Gasteiger partial charge in [0.1, 0.15) is 5.75 Å². The maximum absolute atomic E-state index is 12.6. The van der Waals surface area contributed by atoms with Crippen LogP contribution in [0.1, 0.15) is 49.7 Å². The van der Waals surface area contributed by atoms with E-state index in [1.54, 1.807) is 0 Å². The fourth-order valence-electron chi connectivity index (χ4n) is 4.56. The number of rotatable bonds is 6. The van der Waals surface area contributed by atoms with Crippen molar-refractivity contribution in [2.75, 3.05) is 5.32 Å². The van der Waals surface area contributed by atoms with Gasteiger partial charge < -0.3 is 20.3 Å². The Kier molecular flexibility index (Phi) is 5.29. The third-order valence-electron chi connectivity index (χ3n) is 6.18. The topological polar surface area (TPSA) is 103 Å². The molecule has 1 aromatic carbocycles. The van der Waals surface area contributed by atoms with Crippen LogP contribution in [0.2, 0.25) is 0 Å². The number of nitrogens with one attached hydrogen (secondary N) is 1. The summed E-state index contributed by atoms with van der Waals surface area (Å²) in [6, 6.07) is 7.35. The van der Waals surface area contributed by atoms with E-state index in [0.717, 1.165) is 31.4 Å². The molecule has 3 N–H and O–H groups in total. The minimum Gasteiger partial charge on any atom is -0.485 e. The molecule has 0 radical (unpaired) electrons. The Morgan fingerprint density at radius 3 is 2.61 bits per heavy atom. The summed E-state index contributed by atoms with van der Waals surface area (Å²) in [7, 11) is 0. The van der Waals surface area contributed by atoms with E-state index in [9.17, 15) is 4.79 Å². The van der Waals surface area contributed by atoms with Crippen molar-refractivity contribution < 1.29 is 14.1 Å². The zero-order valence-corrected chi connectivity index (χ0v) is 16.4. The predicted octanol–water partition coefficient (Wildman–Crippen LogP) is 3.26. The maximum atomic E-state index is 12.6. The third kappa shape index (κ3) is 3.73. The molecular formula is C20H25ClN4O3. The van der Waals surface area contributed by atoms with Gasteiger partial charge >= 0.3 is 0 Å². The number of amides is 1. The van der Waals surface area contributed by atoms with E-state index in [1.165, 1.54) is 6.42 Å². The van der Waals surface area contributed by atoms with Crippen molar-refractivity contribution in [1.82, 2.24) is 10.1 Å². The molecule has 4 atom stereocenters. The zero-order valence-electron chi connectivity index (χ0n) is 15.5. The highest BCUT2D eigenvalue weighted by Gasteiger charge is 2.49. The number of hydrogen-bond acceptors (Lipinski definition) is 6. The van der Waals surface area contributed by atoms with Crippen molar-refractivity contribution in [3.8, 4) is 5.75 Å². The molecule has 3 saturated carbocycles. The van der Waals surface area contributed by atoms with Crippen LogP contribution in [-0.4, -0.2) is 22.1 Å². The van der Waals surface area contributed by atoms with Crippen molar-refractivity contribution in [3.05, 3.63) is 36.0 Å². The van der Waals surface area contributed by atoms with Crippen LogP contribution in [0.4, 0.5) is 5.69 Å². The number of carbonyl (C=O) groups is 1. The van der Waals surface area contributed by atoms with E-state index in [2.05, 4.69) is 15.5 Å². The number of hydrogen-bond donors (Lipinski definition) is 2. The zero-order chi connectivity index (χ0) is 18.4. The normalized spacial score (nSPS) is 28.0. The lowest BCUT2D eigenvalue weighted by atomic mass is 9.84. The van der Waals surface area contributed by atoms with Crippen LogP contribution in [-0.2, 0) is 11.4 Å². The van der Waals surface area contributed by atoms with E-state index in [-0.39, 0.29) is 36.9 Å². The Balaban J connectivity index is 0.00000192. The van der Waals surface area contributed by atoms with Gasteiger partial charge in [-0.25, -0.2) is 0 Å². The molecule has 3 fully saturated rings. The molecule has 0 saturated heterocycles. The summed E-state index contributed by atoms with van der Waals surface area (Å²) in [6.07, 6.45) is 5.65. The largest absolute Gasteiger partial charge is 0.485 e. The lowest BCUT2D eigenvalue weighted by molar-refractivity contribution is -0.121. The molecule has 4 unspecified atom stereocenters. The van der Waals surface area contributed by atoms with Crippen LogP contribution >= 0.6 is 12.4 Å². The molecule has 3 aliphatic rings. The average Bonchev–Trinajstić information content (AvgIpc) is 3.11. The molecule has 150 valence electrons. The molecule has 1 amide bonds. The van der Waals surface area contributed by atoms with Crippen molar-refractivity contribution in [2.24, 2.45) is 23.5 Å². The smallest absolute Gasteiger partial charge is 0.229 e. The fraction of sp³-hybridized carbons (Fsp3) is 0.550. The van der Waals surface area contributed by atoms with E-state index < -0.39 is 0 Å². The van der Waals surface area contributed by atoms with Gasteiger partial charge in [-0.2, -0.15) is 4.98 Å². The quantitative estimate of drug-likeness (QED) is 0.765. The van der Waals surface area contributed by atoms with Crippen LogP contribution in [0.25, 0.3) is 0 Å². The second-order valence-electron chi connectivity index (χ2n) is 8.06. The van der Waals surface area contributed by atoms with Gasteiger partial charge in [0.15, 0.2) is 6.61 Å². The number of benzene rings is 1.